The Balaban J connectivity index is 0.927. The number of aromatic nitrogens is 1. The highest BCUT2D eigenvalue weighted by molar-refractivity contribution is 6.16. The summed E-state index contributed by atoms with van der Waals surface area (Å²) in [5.41, 5.74) is 22.4. The monoisotopic (exact) mass is 828 g/mol. The Morgan fingerprint density at radius 3 is 1.75 bits per heavy atom. The van der Waals surface area contributed by atoms with Crippen molar-refractivity contribution in [2.45, 2.75) is 12.3 Å². The van der Waals surface area contributed by atoms with E-state index in [0.29, 0.717) is 0 Å². The third-order valence-electron chi connectivity index (χ3n) is 14.4. The first-order valence-corrected chi connectivity index (χ1v) is 22.5. The Kier molecular flexibility index (Phi) is 7.53. The van der Waals surface area contributed by atoms with Crippen LogP contribution in [0.5, 0.6) is 0 Å². The summed E-state index contributed by atoms with van der Waals surface area (Å²) in [6.07, 6.45) is 0. The van der Waals surface area contributed by atoms with Gasteiger partial charge in [0.2, 0.25) is 0 Å². The van der Waals surface area contributed by atoms with E-state index in [0.717, 1.165) is 44.4 Å². The highest BCUT2D eigenvalue weighted by Crippen LogP contribution is 2.62. The van der Waals surface area contributed by atoms with Crippen LogP contribution in [-0.2, 0) is 5.41 Å². The largest absolute Gasteiger partial charge is 0.456 e. The van der Waals surface area contributed by atoms with Gasteiger partial charge in [-0.15, -0.1) is 0 Å². The highest BCUT2D eigenvalue weighted by atomic mass is 16.3. The van der Waals surface area contributed by atoms with Crippen LogP contribution in [-0.4, -0.2) is 4.57 Å². The van der Waals surface area contributed by atoms with Crippen LogP contribution in [0.1, 0.15) is 23.6 Å². The molecule has 304 valence electrons. The summed E-state index contributed by atoms with van der Waals surface area (Å²) in [7, 11) is 0. The van der Waals surface area contributed by atoms with E-state index in [9.17, 15) is 0 Å². The summed E-state index contributed by atoms with van der Waals surface area (Å²) in [4.78, 5) is 2.50. The molecular formula is C62H40N2O. The van der Waals surface area contributed by atoms with Crippen molar-refractivity contribution < 1.29 is 4.42 Å². The van der Waals surface area contributed by atoms with Crippen molar-refractivity contribution in [3.8, 4) is 50.2 Å². The second kappa shape index (κ2) is 13.6. The van der Waals surface area contributed by atoms with Gasteiger partial charge in [-0.25, -0.2) is 0 Å². The van der Waals surface area contributed by atoms with Gasteiger partial charge < -0.3 is 13.9 Å². The molecule has 0 bridgehead atoms. The van der Waals surface area contributed by atoms with Crippen molar-refractivity contribution in [1.29, 1.82) is 0 Å². The molecule has 1 atom stereocenters. The van der Waals surface area contributed by atoms with Crippen molar-refractivity contribution in [3.05, 3.63) is 241 Å². The van der Waals surface area contributed by atoms with Gasteiger partial charge in [-0.3, -0.25) is 0 Å². The van der Waals surface area contributed by atoms with E-state index in [-0.39, 0.29) is 5.41 Å². The normalized spacial score (nSPS) is 14.9. The molecule has 10 aromatic carbocycles. The second-order valence-electron chi connectivity index (χ2n) is 17.8. The first-order chi connectivity index (χ1) is 32.1. The van der Waals surface area contributed by atoms with E-state index in [1.54, 1.807) is 0 Å². The third kappa shape index (κ3) is 5.12. The number of hydrogen-bond acceptors (Lipinski definition) is 2. The molecule has 2 aromatic heterocycles. The predicted octanol–water partition coefficient (Wildman–Crippen LogP) is 16.8. The van der Waals surface area contributed by atoms with E-state index >= 15 is 0 Å². The number of benzene rings is 10. The lowest BCUT2D eigenvalue weighted by Gasteiger charge is -2.42. The minimum Gasteiger partial charge on any atom is -0.456 e. The molecule has 1 unspecified atom stereocenters. The van der Waals surface area contributed by atoms with Gasteiger partial charge in [0.05, 0.1) is 22.4 Å². The summed E-state index contributed by atoms with van der Waals surface area (Å²) >= 11 is 0. The van der Waals surface area contributed by atoms with Crippen LogP contribution in [0.15, 0.2) is 229 Å². The number of nitrogens with zero attached hydrogens (tertiary/aromatic N) is 2. The average molecular weight is 829 g/mol. The Morgan fingerprint density at radius 2 is 0.969 bits per heavy atom. The molecule has 1 aliphatic carbocycles. The number of para-hydroxylation sites is 2. The molecule has 0 saturated carbocycles. The van der Waals surface area contributed by atoms with E-state index in [2.05, 4.69) is 241 Å². The zero-order valence-corrected chi connectivity index (χ0v) is 35.7. The summed E-state index contributed by atoms with van der Waals surface area (Å²) in [6, 6.07) is 82.3. The summed E-state index contributed by atoms with van der Waals surface area (Å²) in [5, 5.41) is 4.78. The third-order valence-corrected chi connectivity index (χ3v) is 14.4. The summed E-state index contributed by atoms with van der Waals surface area (Å²) < 4.78 is 8.75. The molecular weight excluding hydrogens is 789 g/mol. The molecule has 2 aliphatic rings. The van der Waals surface area contributed by atoms with Crippen molar-refractivity contribution in [2.24, 2.45) is 0 Å². The van der Waals surface area contributed by atoms with E-state index in [4.69, 9.17) is 4.42 Å². The molecule has 12 aromatic rings. The number of rotatable bonds is 5. The van der Waals surface area contributed by atoms with E-state index < -0.39 is 0 Å². The smallest absolute Gasteiger partial charge is 0.135 e. The van der Waals surface area contributed by atoms with Gasteiger partial charge >= 0.3 is 0 Å². The maximum Gasteiger partial charge on any atom is 0.135 e. The van der Waals surface area contributed by atoms with Crippen molar-refractivity contribution >= 4 is 60.8 Å². The second-order valence-corrected chi connectivity index (χ2v) is 17.8. The topological polar surface area (TPSA) is 21.3 Å². The van der Waals surface area contributed by atoms with Crippen LogP contribution in [0.4, 0.5) is 17.1 Å². The van der Waals surface area contributed by atoms with Gasteiger partial charge in [0, 0.05) is 38.3 Å². The quantitative estimate of drug-likeness (QED) is 0.172. The van der Waals surface area contributed by atoms with Crippen LogP contribution >= 0.6 is 0 Å². The highest BCUT2D eigenvalue weighted by Gasteiger charge is 2.48. The van der Waals surface area contributed by atoms with Crippen LogP contribution in [0, 0.1) is 0 Å². The fourth-order valence-electron chi connectivity index (χ4n) is 11.4. The van der Waals surface area contributed by atoms with Crippen LogP contribution in [0.3, 0.4) is 0 Å². The zero-order valence-electron chi connectivity index (χ0n) is 35.7. The fraction of sp³-hybridized carbons (Fsp3) is 0.0323. The molecule has 0 saturated heterocycles. The van der Waals surface area contributed by atoms with Gasteiger partial charge in [0.15, 0.2) is 0 Å². The lowest BCUT2D eigenvalue weighted by Crippen LogP contribution is -2.32. The molecule has 14 rings (SSSR count). The molecule has 1 aliphatic heterocycles. The summed E-state index contributed by atoms with van der Waals surface area (Å²) in [5.74, 6) is 0. The fourth-order valence-corrected chi connectivity index (χ4v) is 11.4. The van der Waals surface area contributed by atoms with Crippen LogP contribution in [0.25, 0.3) is 93.9 Å². The summed E-state index contributed by atoms with van der Waals surface area (Å²) in [6.45, 7) is 2.45. The average Bonchev–Trinajstić information content (AvgIpc) is 4.01. The lowest BCUT2D eigenvalue weighted by atomic mass is 9.70. The maximum absolute atomic E-state index is 6.34. The standard InChI is InChI=1S/C62H40N2O/c1-62-52-22-10-8-18-47(52)48-21-13-25-57(61(48)62)64(45-31-26-40(27-32-45)42-30-35-59-51(37-42)50-36-41(29-34-58(50)65-59)39-14-4-2-5-15-39)55-33-28-43(38-53(55)62)46-20-12-24-56-60(46)49-19-9-11-23-54(49)63(56)44-16-6-3-7-17-44/h2-38H,1H3. The van der Waals surface area contributed by atoms with E-state index in [1.807, 2.05) is 0 Å². The Bertz CT molecular complexity index is 3900. The Morgan fingerprint density at radius 1 is 0.369 bits per heavy atom. The first kappa shape index (κ1) is 36.1. The van der Waals surface area contributed by atoms with Gasteiger partial charge in [0.25, 0.3) is 0 Å². The molecule has 0 spiro atoms. The Labute approximate surface area is 376 Å². The molecule has 3 heteroatoms. The van der Waals surface area contributed by atoms with Gasteiger partial charge in [-0.2, -0.15) is 0 Å². The Hall–Kier alpha value is -8.40. The molecule has 3 heterocycles. The lowest BCUT2D eigenvalue weighted by molar-refractivity contribution is 0.669. The van der Waals surface area contributed by atoms with E-state index in [1.165, 1.54) is 83.3 Å². The van der Waals surface area contributed by atoms with Crippen molar-refractivity contribution in [2.75, 3.05) is 4.90 Å². The predicted molar refractivity (Wildman–Crippen MR) is 270 cm³/mol. The van der Waals surface area contributed by atoms with Gasteiger partial charge in [0.1, 0.15) is 11.2 Å². The van der Waals surface area contributed by atoms with Crippen LogP contribution < -0.4 is 4.90 Å². The number of furan rings is 1. The van der Waals surface area contributed by atoms with Crippen LogP contribution in [0.2, 0.25) is 0 Å². The van der Waals surface area contributed by atoms with Crippen molar-refractivity contribution in [3.63, 3.8) is 0 Å². The van der Waals surface area contributed by atoms with Gasteiger partial charge in [-0.05, 0) is 147 Å². The van der Waals surface area contributed by atoms with Crippen molar-refractivity contribution in [1.82, 2.24) is 4.57 Å². The maximum atomic E-state index is 6.34. The SMILES string of the molecule is CC12c3ccccc3-c3cccc(c31)N(c1ccc(-c3ccc4oc5ccc(-c6ccccc6)cc5c4c3)cc1)c1ccc(-c3cccc4c3c3ccccc3n4-c3ccccc3)cc12. The first-order valence-electron chi connectivity index (χ1n) is 22.5. The zero-order chi connectivity index (χ0) is 42.8. The molecule has 0 radical (unpaired) electrons. The minimum absolute atomic E-state index is 0.362. The molecule has 0 N–H and O–H groups in total. The molecule has 65 heavy (non-hydrogen) atoms. The number of anilines is 3. The molecule has 0 fully saturated rings. The number of hydrogen-bond donors (Lipinski definition) is 0. The number of fused-ring (bicyclic) bond motifs is 11. The molecule has 3 nitrogen and oxygen atoms in total. The minimum atomic E-state index is -0.362. The van der Waals surface area contributed by atoms with Gasteiger partial charge in [-0.1, -0.05) is 146 Å². The molecule has 0 amide bonds.